The molecule has 1 atom stereocenters. The van der Waals surface area contributed by atoms with E-state index in [1.54, 1.807) is 0 Å². The van der Waals surface area contributed by atoms with Crippen LogP contribution in [0, 0.1) is 18.3 Å². The molecule has 0 nitrogen and oxygen atoms in total. The van der Waals surface area contributed by atoms with Crippen LogP contribution in [0.5, 0.6) is 0 Å². The van der Waals surface area contributed by atoms with Crippen LogP contribution < -0.4 is 0 Å². The van der Waals surface area contributed by atoms with Crippen LogP contribution in [0.15, 0.2) is 11.6 Å². The molecule has 0 spiro atoms. The first kappa shape index (κ1) is 13.5. The average Bonchev–Trinajstić information content (AvgIpc) is 2.24. The van der Waals surface area contributed by atoms with Crippen LogP contribution in [-0.4, -0.2) is 17.7 Å². The Labute approximate surface area is 98.7 Å². The Balaban J connectivity index is 2.12. The summed E-state index contributed by atoms with van der Waals surface area (Å²) in [6.07, 6.45) is 5.44. The number of rotatable bonds is 4. The van der Waals surface area contributed by atoms with E-state index in [-0.39, 0.29) is 5.75 Å². The number of allylic oxidation sites excluding steroid dienone is 2. The first-order valence-electron chi connectivity index (χ1n) is 5.31. The highest BCUT2D eigenvalue weighted by Gasteiger charge is 2.26. The molecule has 16 heavy (non-hydrogen) atoms. The van der Waals surface area contributed by atoms with Crippen molar-refractivity contribution in [3.8, 4) is 12.3 Å². The smallest absolute Gasteiger partial charge is 0.171 e. The molecule has 4 heteroatoms. The largest absolute Gasteiger partial charge is 0.389 e. The van der Waals surface area contributed by atoms with Crippen LogP contribution in [0.1, 0.15) is 25.7 Å². The van der Waals surface area contributed by atoms with Gasteiger partial charge in [-0.2, -0.15) is 24.9 Å². The Morgan fingerprint density at radius 1 is 1.50 bits per heavy atom. The summed E-state index contributed by atoms with van der Waals surface area (Å²) in [5.41, 5.74) is 1.04. The summed E-state index contributed by atoms with van der Waals surface area (Å²) in [6.45, 7) is 0. The molecule has 0 aromatic carbocycles. The molecule has 0 bridgehead atoms. The van der Waals surface area contributed by atoms with Crippen molar-refractivity contribution in [2.45, 2.75) is 31.9 Å². The summed E-state index contributed by atoms with van der Waals surface area (Å²) in [7, 11) is 0. The number of terminal acetylenes is 1. The van der Waals surface area contributed by atoms with Gasteiger partial charge < -0.3 is 0 Å². The summed E-state index contributed by atoms with van der Waals surface area (Å²) in [4.78, 5) is 0. The lowest BCUT2D eigenvalue weighted by molar-refractivity contribution is -0.129. The molecule has 1 unspecified atom stereocenters. The molecule has 0 aromatic rings. The van der Waals surface area contributed by atoms with Crippen molar-refractivity contribution < 1.29 is 13.2 Å². The summed E-state index contributed by atoms with van der Waals surface area (Å²) in [5, 5.41) is 0. The van der Waals surface area contributed by atoms with Gasteiger partial charge in [0.1, 0.15) is 0 Å². The van der Waals surface area contributed by atoms with Crippen molar-refractivity contribution in [3.05, 3.63) is 11.6 Å². The van der Waals surface area contributed by atoms with Crippen molar-refractivity contribution in [1.29, 1.82) is 0 Å². The molecule has 1 rings (SSSR count). The highest BCUT2D eigenvalue weighted by Crippen LogP contribution is 2.28. The fourth-order valence-corrected chi connectivity index (χ4v) is 2.79. The first-order chi connectivity index (χ1) is 7.51. The van der Waals surface area contributed by atoms with Crippen molar-refractivity contribution >= 4 is 11.8 Å². The van der Waals surface area contributed by atoms with Gasteiger partial charge in [0, 0.05) is 5.75 Å². The van der Waals surface area contributed by atoms with Gasteiger partial charge in [0.2, 0.25) is 0 Å². The van der Waals surface area contributed by atoms with Gasteiger partial charge in [0.05, 0.1) is 6.42 Å². The molecule has 0 aromatic heterocycles. The Morgan fingerprint density at radius 2 is 2.25 bits per heavy atom. The van der Waals surface area contributed by atoms with Crippen molar-refractivity contribution in [2.75, 3.05) is 11.5 Å². The number of thioether (sulfide) groups is 1. The molecular weight excluding hydrogens is 233 g/mol. The molecule has 0 amide bonds. The highest BCUT2D eigenvalue weighted by atomic mass is 32.2. The number of halogens is 3. The van der Waals surface area contributed by atoms with E-state index in [9.17, 15) is 13.2 Å². The summed E-state index contributed by atoms with van der Waals surface area (Å²) >= 11 is 1.39. The maximum atomic E-state index is 11.9. The monoisotopic (exact) mass is 248 g/mol. The van der Waals surface area contributed by atoms with E-state index < -0.39 is 12.6 Å². The molecule has 1 aliphatic rings. The van der Waals surface area contributed by atoms with E-state index >= 15 is 0 Å². The van der Waals surface area contributed by atoms with Gasteiger partial charge in [0.15, 0.2) is 0 Å². The molecule has 1 aliphatic carbocycles. The zero-order valence-electron chi connectivity index (χ0n) is 9.02. The number of hydrogen-bond donors (Lipinski definition) is 0. The predicted octanol–water partition coefficient (Wildman–Crippen LogP) is 4.03. The van der Waals surface area contributed by atoms with E-state index in [0.29, 0.717) is 5.92 Å². The van der Waals surface area contributed by atoms with Crippen molar-refractivity contribution in [2.24, 2.45) is 5.92 Å². The number of alkyl halides is 3. The van der Waals surface area contributed by atoms with Gasteiger partial charge >= 0.3 is 6.18 Å². The zero-order chi connectivity index (χ0) is 12.0. The Hall–Kier alpha value is -0.560. The molecule has 0 saturated carbocycles. The fourth-order valence-electron chi connectivity index (χ4n) is 1.61. The maximum Gasteiger partial charge on any atom is 0.389 e. The van der Waals surface area contributed by atoms with Gasteiger partial charge in [-0.25, -0.2) is 0 Å². The summed E-state index contributed by atoms with van der Waals surface area (Å²) in [6, 6.07) is 0. The molecular formula is C12H15F3S. The van der Waals surface area contributed by atoms with E-state index in [1.165, 1.54) is 11.8 Å². The van der Waals surface area contributed by atoms with Gasteiger partial charge in [-0.1, -0.05) is 12.0 Å². The van der Waals surface area contributed by atoms with Crippen LogP contribution in [-0.2, 0) is 0 Å². The normalized spacial score (nSPS) is 21.4. The van der Waals surface area contributed by atoms with Crippen LogP contribution >= 0.6 is 11.8 Å². The SMILES string of the molecule is C#CC1=CCC(CSCCC(F)(F)F)CC1. The third-order valence-corrected chi connectivity index (χ3v) is 3.79. The average molecular weight is 248 g/mol. The van der Waals surface area contributed by atoms with Gasteiger partial charge in [-0.3, -0.25) is 0 Å². The quantitative estimate of drug-likeness (QED) is 0.534. The molecule has 0 aliphatic heterocycles. The lowest BCUT2D eigenvalue weighted by Crippen LogP contribution is -2.11. The third kappa shape index (κ3) is 5.50. The van der Waals surface area contributed by atoms with Gasteiger partial charge in [-0.15, -0.1) is 6.42 Å². The molecule has 90 valence electrons. The Kier molecular flexibility index (Phi) is 5.27. The first-order valence-corrected chi connectivity index (χ1v) is 6.47. The van der Waals surface area contributed by atoms with E-state index in [4.69, 9.17) is 6.42 Å². The van der Waals surface area contributed by atoms with Crippen LogP contribution in [0.25, 0.3) is 0 Å². The van der Waals surface area contributed by atoms with E-state index in [2.05, 4.69) is 5.92 Å². The third-order valence-electron chi connectivity index (χ3n) is 2.59. The van der Waals surface area contributed by atoms with Gasteiger partial charge in [0.25, 0.3) is 0 Å². The molecule has 0 N–H and O–H groups in total. The van der Waals surface area contributed by atoms with Crippen molar-refractivity contribution in [1.82, 2.24) is 0 Å². The van der Waals surface area contributed by atoms with Crippen LogP contribution in [0.4, 0.5) is 13.2 Å². The predicted molar refractivity (Wildman–Crippen MR) is 62.3 cm³/mol. The standard InChI is InChI=1S/C12H15F3S/c1-2-10-3-5-11(6-4-10)9-16-8-7-12(13,14)15/h1,3,11H,4-9H2. The minimum Gasteiger partial charge on any atom is -0.171 e. The summed E-state index contributed by atoms with van der Waals surface area (Å²) < 4.78 is 35.6. The minimum atomic E-state index is -4.02. The second-order valence-electron chi connectivity index (χ2n) is 3.95. The lowest BCUT2D eigenvalue weighted by atomic mass is 9.91. The van der Waals surface area contributed by atoms with Crippen LogP contribution in [0.2, 0.25) is 0 Å². The highest BCUT2D eigenvalue weighted by molar-refractivity contribution is 7.99. The second-order valence-corrected chi connectivity index (χ2v) is 5.10. The maximum absolute atomic E-state index is 11.9. The minimum absolute atomic E-state index is 0.172. The van der Waals surface area contributed by atoms with E-state index in [0.717, 1.165) is 30.6 Å². The fraction of sp³-hybridized carbons (Fsp3) is 0.667. The number of hydrogen-bond acceptors (Lipinski definition) is 1. The molecule has 0 radical (unpaired) electrons. The second kappa shape index (κ2) is 6.24. The van der Waals surface area contributed by atoms with E-state index in [1.807, 2.05) is 6.08 Å². The summed E-state index contributed by atoms with van der Waals surface area (Å²) in [5.74, 6) is 4.10. The van der Waals surface area contributed by atoms with Crippen molar-refractivity contribution in [3.63, 3.8) is 0 Å². The Bertz CT molecular complexity index is 286. The van der Waals surface area contributed by atoms with Gasteiger partial charge in [-0.05, 0) is 36.5 Å². The zero-order valence-corrected chi connectivity index (χ0v) is 9.83. The molecule has 0 fully saturated rings. The van der Waals surface area contributed by atoms with Crippen LogP contribution in [0.3, 0.4) is 0 Å². The lowest BCUT2D eigenvalue weighted by Gasteiger charge is -2.19. The Morgan fingerprint density at radius 3 is 2.75 bits per heavy atom. The molecule has 0 saturated heterocycles. The topological polar surface area (TPSA) is 0 Å². The molecule has 0 heterocycles.